The number of aliphatic imine (C=N–C) groups is 1. The van der Waals surface area contributed by atoms with E-state index in [1.807, 2.05) is 71.3 Å². The summed E-state index contributed by atoms with van der Waals surface area (Å²) in [5.41, 5.74) is 5.33. The Hall–Kier alpha value is -3.41. The van der Waals surface area contributed by atoms with E-state index in [-0.39, 0.29) is 5.82 Å². The number of benzene rings is 2. The van der Waals surface area contributed by atoms with Crippen LogP contribution in [0.1, 0.15) is 59.1 Å². The van der Waals surface area contributed by atoms with E-state index in [4.69, 9.17) is 11.6 Å². The third kappa shape index (κ3) is 16.1. The van der Waals surface area contributed by atoms with Gasteiger partial charge in [-0.3, -0.25) is 9.89 Å². The van der Waals surface area contributed by atoms with Gasteiger partial charge in [0.15, 0.2) is 0 Å². The molecule has 1 heterocycles. The molecule has 42 heavy (non-hydrogen) atoms. The molecule has 0 bridgehead atoms. The predicted octanol–water partition coefficient (Wildman–Crippen LogP) is 10.3. The lowest BCUT2D eigenvalue weighted by Crippen LogP contribution is -2.50. The summed E-state index contributed by atoms with van der Waals surface area (Å²) in [6.07, 6.45) is 9.11. The molecular weight excluding hydrogens is 543 g/mol. The van der Waals surface area contributed by atoms with Crippen LogP contribution in [0.15, 0.2) is 104 Å². The summed E-state index contributed by atoms with van der Waals surface area (Å²) in [6.45, 7) is 32.2. The highest BCUT2D eigenvalue weighted by molar-refractivity contribution is 6.30. The lowest BCUT2D eigenvalue weighted by atomic mass is 10.1. The highest BCUT2D eigenvalue weighted by atomic mass is 35.5. The smallest absolute Gasteiger partial charge is 0.123 e. The second-order valence-corrected chi connectivity index (χ2v) is 9.29. The Morgan fingerprint density at radius 1 is 1.10 bits per heavy atom. The number of nitrogens with one attached hydrogen (secondary N) is 1. The molecule has 2 aromatic carbocycles. The van der Waals surface area contributed by atoms with Crippen LogP contribution >= 0.6 is 11.6 Å². The van der Waals surface area contributed by atoms with Gasteiger partial charge >= 0.3 is 0 Å². The van der Waals surface area contributed by atoms with Crippen molar-refractivity contribution in [2.45, 2.75) is 60.5 Å². The van der Waals surface area contributed by atoms with E-state index >= 15 is 0 Å². The zero-order valence-electron chi connectivity index (χ0n) is 27.1. The fourth-order valence-corrected chi connectivity index (χ4v) is 4.35. The lowest BCUT2D eigenvalue weighted by molar-refractivity contribution is 0.109. The van der Waals surface area contributed by atoms with Crippen molar-refractivity contribution in [1.29, 1.82) is 0 Å². The van der Waals surface area contributed by atoms with Crippen molar-refractivity contribution >= 4 is 29.6 Å². The molecule has 1 aliphatic rings. The Bertz CT molecular complexity index is 1090. The van der Waals surface area contributed by atoms with Gasteiger partial charge in [-0.25, -0.2) is 4.39 Å². The molecule has 6 heteroatoms. The van der Waals surface area contributed by atoms with Gasteiger partial charge < -0.3 is 10.2 Å². The van der Waals surface area contributed by atoms with Gasteiger partial charge in [0.2, 0.25) is 0 Å². The normalized spacial score (nSPS) is 14.7. The van der Waals surface area contributed by atoms with Crippen LogP contribution in [0.4, 0.5) is 10.1 Å². The second-order valence-electron chi connectivity index (χ2n) is 8.85. The first-order chi connectivity index (χ1) is 20.3. The largest absolute Gasteiger partial charge is 0.388 e. The van der Waals surface area contributed by atoms with Gasteiger partial charge in [-0.15, -0.1) is 26.3 Å². The first-order valence-corrected chi connectivity index (χ1v) is 14.9. The van der Waals surface area contributed by atoms with Gasteiger partial charge in [0.25, 0.3) is 0 Å². The summed E-state index contributed by atoms with van der Waals surface area (Å²) in [4.78, 5) is 8.80. The van der Waals surface area contributed by atoms with Gasteiger partial charge in [0.05, 0.1) is 0 Å². The summed E-state index contributed by atoms with van der Waals surface area (Å²) in [6, 6.07) is 12.9. The number of hydrogen-bond donors (Lipinski definition) is 1. The Labute approximate surface area is 261 Å². The lowest BCUT2D eigenvalue weighted by Gasteiger charge is -2.41. The monoisotopic (exact) mass is 596 g/mol. The average molecular weight is 597 g/mol. The van der Waals surface area contributed by atoms with E-state index in [9.17, 15) is 4.39 Å². The molecule has 1 aliphatic heterocycles. The molecule has 2 aromatic rings. The van der Waals surface area contributed by atoms with Crippen LogP contribution in [0, 0.1) is 5.82 Å². The van der Waals surface area contributed by atoms with E-state index in [0.717, 1.165) is 60.8 Å². The van der Waals surface area contributed by atoms with Crippen LogP contribution < -0.4 is 5.32 Å². The number of piperazine rings is 1. The first kappa shape index (κ1) is 40.7. The van der Waals surface area contributed by atoms with E-state index in [2.05, 4.69) is 85.1 Å². The van der Waals surface area contributed by atoms with Gasteiger partial charge in [0, 0.05) is 67.6 Å². The summed E-state index contributed by atoms with van der Waals surface area (Å²) < 4.78 is 13.1. The summed E-state index contributed by atoms with van der Waals surface area (Å²) in [5, 5.41) is 3.89. The van der Waals surface area contributed by atoms with Crippen molar-refractivity contribution < 1.29 is 4.39 Å². The number of halogens is 2. The molecule has 1 fully saturated rings. The molecule has 232 valence electrons. The maximum absolute atomic E-state index is 13.1. The zero-order chi connectivity index (χ0) is 32.5. The summed E-state index contributed by atoms with van der Waals surface area (Å²) in [7, 11) is 1.89. The van der Waals surface area contributed by atoms with Gasteiger partial charge in [-0.05, 0) is 68.7 Å². The molecule has 0 aliphatic carbocycles. The van der Waals surface area contributed by atoms with E-state index < -0.39 is 0 Å². The topological polar surface area (TPSA) is 30.9 Å². The number of hydrogen-bond acceptors (Lipinski definition) is 4. The van der Waals surface area contributed by atoms with Crippen LogP contribution in [0.25, 0.3) is 6.08 Å². The fraction of sp³-hybridized carbons (Fsp3) is 0.361. The molecule has 0 spiro atoms. The number of allylic oxidation sites excluding steroid dienone is 3. The Morgan fingerprint density at radius 2 is 1.71 bits per heavy atom. The van der Waals surface area contributed by atoms with Crippen LogP contribution in [0.2, 0.25) is 5.02 Å². The van der Waals surface area contributed by atoms with Crippen molar-refractivity contribution in [3.8, 4) is 0 Å². The number of nitrogens with zero attached hydrogens (tertiary/aromatic N) is 3. The third-order valence-electron chi connectivity index (χ3n) is 5.97. The zero-order valence-corrected chi connectivity index (χ0v) is 27.9. The van der Waals surface area contributed by atoms with Crippen molar-refractivity contribution in [2.75, 3.05) is 32.0 Å². The Kier molecular flexibility index (Phi) is 24.5. The molecule has 1 N–H and O–H groups in total. The maximum Gasteiger partial charge on any atom is 0.123 e. The summed E-state index contributed by atoms with van der Waals surface area (Å²) >= 11 is 6.07. The highest BCUT2D eigenvalue weighted by Gasteiger charge is 2.23. The molecular formula is C36H54ClFN4. The maximum atomic E-state index is 13.1. The molecule has 3 rings (SSSR count). The van der Waals surface area contributed by atoms with Gasteiger partial charge in [-0.2, -0.15) is 0 Å². The van der Waals surface area contributed by atoms with Crippen LogP contribution in [0.5, 0.6) is 0 Å². The second kappa shape index (κ2) is 25.3. The molecule has 0 unspecified atom stereocenters. The highest BCUT2D eigenvalue weighted by Crippen LogP contribution is 2.23. The minimum absolute atomic E-state index is 0.188. The number of rotatable bonds is 8. The van der Waals surface area contributed by atoms with E-state index in [0.29, 0.717) is 11.1 Å². The Morgan fingerprint density at radius 3 is 2.24 bits per heavy atom. The number of anilines is 1. The van der Waals surface area contributed by atoms with Gasteiger partial charge in [0.1, 0.15) is 5.82 Å². The SMILES string of the molecule is C=C.C=C.C=C(/C=C/c1ccc(Cl)cc1NC)N1CCN(Cc2ccc(F)cc2)C[C@H]1C.CC.CC=N/C(C)=C\CC. The molecule has 4 nitrogen and oxygen atoms in total. The summed E-state index contributed by atoms with van der Waals surface area (Å²) in [5.74, 6) is -0.188. The molecule has 1 saturated heterocycles. The van der Waals surface area contributed by atoms with Crippen molar-refractivity contribution in [1.82, 2.24) is 9.80 Å². The first-order valence-electron chi connectivity index (χ1n) is 14.5. The minimum atomic E-state index is -0.188. The van der Waals surface area contributed by atoms with Crippen LogP contribution in [-0.2, 0) is 6.54 Å². The third-order valence-corrected chi connectivity index (χ3v) is 6.21. The average Bonchev–Trinajstić information content (AvgIpc) is 3.01. The molecule has 0 amide bonds. The van der Waals surface area contributed by atoms with E-state index in [1.165, 1.54) is 12.1 Å². The standard InChI is InChI=1S/C23H27ClFN3.C7H13N.C2H6.2C2H4/c1-17(4-7-20-8-9-21(24)14-23(20)26-3)28-13-12-27(15-18(28)2)16-19-5-10-22(25)11-6-19;1-4-6-7(3)8-5-2;3*1-2/h4-11,14,18,26H,1,12-13,15-16H2,2-3H3;5-6H,4H2,1-3H3;1-2H3;2*1-2H2/b7-4+;7-6-,8-5?;;;/t18-;;;;/m1..../s1. The van der Waals surface area contributed by atoms with Crippen molar-refractivity contribution in [3.63, 3.8) is 0 Å². The predicted molar refractivity (Wildman–Crippen MR) is 189 cm³/mol. The van der Waals surface area contributed by atoms with Crippen LogP contribution in [-0.4, -0.2) is 48.7 Å². The molecule has 0 saturated carbocycles. The molecule has 0 aromatic heterocycles. The molecule has 0 radical (unpaired) electrons. The van der Waals surface area contributed by atoms with Crippen molar-refractivity contribution in [3.05, 3.63) is 121 Å². The molecule has 1 atom stereocenters. The fourth-order valence-electron chi connectivity index (χ4n) is 4.18. The Balaban J connectivity index is 0. The van der Waals surface area contributed by atoms with E-state index in [1.54, 1.807) is 0 Å². The minimum Gasteiger partial charge on any atom is -0.388 e. The van der Waals surface area contributed by atoms with Crippen molar-refractivity contribution in [2.24, 2.45) is 4.99 Å². The quantitative estimate of drug-likeness (QED) is 0.187. The van der Waals surface area contributed by atoms with Crippen LogP contribution in [0.3, 0.4) is 0 Å². The van der Waals surface area contributed by atoms with Gasteiger partial charge in [-0.1, -0.05) is 69.3 Å².